The standard InChI is InChI=1S/C15H18O/c1-3-8-14(4-2)15(16)12-11-13-9-6-5-7-10-13/h5-7,9-10,14H,3-4,8H2,1-2H3. The Morgan fingerprint density at radius 3 is 2.50 bits per heavy atom. The van der Waals surface area contributed by atoms with Crippen molar-refractivity contribution < 1.29 is 4.79 Å². The maximum absolute atomic E-state index is 11.8. The number of hydrogen-bond acceptors (Lipinski definition) is 1. The van der Waals surface area contributed by atoms with E-state index in [4.69, 9.17) is 0 Å². The quantitative estimate of drug-likeness (QED) is 0.702. The summed E-state index contributed by atoms with van der Waals surface area (Å²) in [5.74, 6) is 5.85. The predicted octanol–water partition coefficient (Wildman–Crippen LogP) is 3.43. The molecule has 0 aliphatic heterocycles. The highest BCUT2D eigenvalue weighted by atomic mass is 16.1. The van der Waals surface area contributed by atoms with Gasteiger partial charge in [-0.2, -0.15) is 0 Å². The van der Waals surface area contributed by atoms with Crippen LogP contribution in [0.25, 0.3) is 0 Å². The maximum Gasteiger partial charge on any atom is 0.208 e. The molecule has 0 bridgehead atoms. The van der Waals surface area contributed by atoms with Crippen LogP contribution in [0.3, 0.4) is 0 Å². The Hall–Kier alpha value is -1.55. The van der Waals surface area contributed by atoms with Crippen molar-refractivity contribution in [3.63, 3.8) is 0 Å². The average molecular weight is 214 g/mol. The second kappa shape index (κ2) is 6.85. The number of benzene rings is 1. The highest BCUT2D eigenvalue weighted by molar-refractivity contribution is 5.97. The van der Waals surface area contributed by atoms with E-state index in [9.17, 15) is 4.79 Å². The van der Waals surface area contributed by atoms with Crippen LogP contribution < -0.4 is 0 Å². The molecule has 0 aliphatic carbocycles. The van der Waals surface area contributed by atoms with Crippen LogP contribution in [0.4, 0.5) is 0 Å². The third kappa shape index (κ3) is 3.90. The summed E-state index contributed by atoms with van der Waals surface area (Å²) in [4.78, 5) is 11.8. The lowest BCUT2D eigenvalue weighted by Crippen LogP contribution is -2.10. The Bertz CT molecular complexity index is 381. The van der Waals surface area contributed by atoms with Crippen molar-refractivity contribution in [3.05, 3.63) is 35.9 Å². The second-order valence-electron chi connectivity index (χ2n) is 3.87. The van der Waals surface area contributed by atoms with E-state index in [0.717, 1.165) is 24.8 Å². The lowest BCUT2D eigenvalue weighted by molar-refractivity contribution is -0.117. The minimum atomic E-state index is 0.0770. The van der Waals surface area contributed by atoms with Crippen LogP contribution in [-0.2, 0) is 4.79 Å². The zero-order valence-corrected chi connectivity index (χ0v) is 9.99. The molecule has 0 saturated heterocycles. The van der Waals surface area contributed by atoms with Gasteiger partial charge in [0.05, 0.1) is 0 Å². The summed E-state index contributed by atoms with van der Waals surface area (Å²) in [5.41, 5.74) is 0.905. The van der Waals surface area contributed by atoms with Gasteiger partial charge in [0.25, 0.3) is 0 Å². The molecule has 84 valence electrons. The topological polar surface area (TPSA) is 17.1 Å². The van der Waals surface area contributed by atoms with Gasteiger partial charge in [-0.05, 0) is 30.9 Å². The van der Waals surface area contributed by atoms with Gasteiger partial charge in [-0.25, -0.2) is 0 Å². The Morgan fingerprint density at radius 1 is 1.25 bits per heavy atom. The van der Waals surface area contributed by atoms with Crippen LogP contribution in [0.15, 0.2) is 30.3 Å². The van der Waals surface area contributed by atoms with Crippen molar-refractivity contribution in [2.45, 2.75) is 33.1 Å². The van der Waals surface area contributed by atoms with Crippen molar-refractivity contribution in [1.29, 1.82) is 0 Å². The largest absolute Gasteiger partial charge is 0.285 e. The first-order chi connectivity index (χ1) is 7.77. The Balaban J connectivity index is 2.67. The molecule has 1 aromatic rings. The van der Waals surface area contributed by atoms with Gasteiger partial charge in [-0.15, -0.1) is 0 Å². The van der Waals surface area contributed by atoms with Crippen molar-refractivity contribution in [1.82, 2.24) is 0 Å². The Kier molecular flexibility index (Phi) is 5.36. The molecular weight excluding hydrogens is 196 g/mol. The van der Waals surface area contributed by atoms with Crippen LogP contribution in [0.1, 0.15) is 38.7 Å². The molecule has 0 saturated carbocycles. The van der Waals surface area contributed by atoms with Gasteiger partial charge < -0.3 is 0 Å². The third-order valence-electron chi connectivity index (χ3n) is 2.60. The van der Waals surface area contributed by atoms with E-state index in [1.165, 1.54) is 0 Å². The first-order valence-electron chi connectivity index (χ1n) is 5.88. The Morgan fingerprint density at radius 2 is 1.94 bits per heavy atom. The highest BCUT2D eigenvalue weighted by Crippen LogP contribution is 2.11. The van der Waals surface area contributed by atoms with Crippen molar-refractivity contribution in [3.8, 4) is 11.8 Å². The number of carbonyl (C=O) groups is 1. The summed E-state index contributed by atoms with van der Waals surface area (Å²) in [6.07, 6.45) is 2.87. The lowest BCUT2D eigenvalue weighted by atomic mass is 9.96. The minimum absolute atomic E-state index is 0.0770. The van der Waals surface area contributed by atoms with E-state index in [2.05, 4.69) is 18.8 Å². The summed E-state index contributed by atoms with van der Waals surface area (Å²) in [5, 5.41) is 0. The summed E-state index contributed by atoms with van der Waals surface area (Å²) in [6, 6.07) is 9.64. The third-order valence-corrected chi connectivity index (χ3v) is 2.60. The van der Waals surface area contributed by atoms with Crippen molar-refractivity contribution >= 4 is 5.78 Å². The molecular formula is C15H18O. The van der Waals surface area contributed by atoms with Crippen LogP contribution in [0.5, 0.6) is 0 Å². The van der Waals surface area contributed by atoms with Crippen LogP contribution in [0, 0.1) is 17.8 Å². The maximum atomic E-state index is 11.8. The summed E-state index contributed by atoms with van der Waals surface area (Å²) < 4.78 is 0. The van der Waals surface area contributed by atoms with E-state index < -0.39 is 0 Å². The second-order valence-corrected chi connectivity index (χ2v) is 3.87. The molecule has 1 atom stereocenters. The predicted molar refractivity (Wildman–Crippen MR) is 67.0 cm³/mol. The van der Waals surface area contributed by atoms with Crippen molar-refractivity contribution in [2.75, 3.05) is 0 Å². The van der Waals surface area contributed by atoms with Gasteiger partial charge in [-0.3, -0.25) is 4.79 Å². The molecule has 0 aromatic heterocycles. The molecule has 1 aromatic carbocycles. The molecule has 1 unspecified atom stereocenters. The molecule has 0 amide bonds. The monoisotopic (exact) mass is 214 g/mol. The van der Waals surface area contributed by atoms with Crippen LogP contribution >= 0.6 is 0 Å². The molecule has 0 N–H and O–H groups in total. The normalized spacial score (nSPS) is 11.4. The molecule has 1 heteroatoms. The average Bonchev–Trinajstić information content (AvgIpc) is 2.34. The smallest absolute Gasteiger partial charge is 0.208 e. The fraction of sp³-hybridized carbons (Fsp3) is 0.400. The zero-order valence-electron chi connectivity index (χ0n) is 9.99. The Labute approximate surface area is 97.9 Å². The van der Waals surface area contributed by atoms with E-state index in [-0.39, 0.29) is 11.7 Å². The molecule has 0 aliphatic rings. The molecule has 1 nitrogen and oxygen atoms in total. The number of hydrogen-bond donors (Lipinski definition) is 0. The van der Waals surface area contributed by atoms with Crippen LogP contribution in [-0.4, -0.2) is 5.78 Å². The first-order valence-corrected chi connectivity index (χ1v) is 5.88. The van der Waals surface area contributed by atoms with Crippen LogP contribution in [0.2, 0.25) is 0 Å². The van der Waals surface area contributed by atoms with Gasteiger partial charge in [0.1, 0.15) is 0 Å². The minimum Gasteiger partial charge on any atom is -0.285 e. The van der Waals surface area contributed by atoms with Crippen molar-refractivity contribution in [2.24, 2.45) is 5.92 Å². The number of rotatable bonds is 4. The fourth-order valence-corrected chi connectivity index (χ4v) is 1.63. The molecule has 0 heterocycles. The lowest BCUT2D eigenvalue weighted by Gasteiger charge is -2.06. The summed E-state index contributed by atoms with van der Waals surface area (Å²) >= 11 is 0. The summed E-state index contributed by atoms with van der Waals surface area (Å²) in [6.45, 7) is 4.14. The number of Topliss-reactive ketones (excluding diaryl/α,β-unsaturated/α-hetero) is 1. The fourth-order valence-electron chi connectivity index (χ4n) is 1.63. The first kappa shape index (κ1) is 12.5. The van der Waals surface area contributed by atoms with Gasteiger partial charge in [0, 0.05) is 11.5 Å². The molecule has 0 fully saturated rings. The SMILES string of the molecule is CCCC(CC)C(=O)C#Cc1ccccc1. The number of ketones is 1. The molecule has 0 spiro atoms. The highest BCUT2D eigenvalue weighted by Gasteiger charge is 2.12. The van der Waals surface area contributed by atoms with E-state index in [1.807, 2.05) is 37.3 Å². The zero-order chi connectivity index (χ0) is 11.8. The molecule has 16 heavy (non-hydrogen) atoms. The van der Waals surface area contributed by atoms with Gasteiger partial charge >= 0.3 is 0 Å². The van der Waals surface area contributed by atoms with Gasteiger partial charge in [-0.1, -0.05) is 44.4 Å². The molecule has 1 rings (SSSR count). The number of carbonyl (C=O) groups excluding carboxylic acids is 1. The van der Waals surface area contributed by atoms with Gasteiger partial charge in [0.2, 0.25) is 5.78 Å². The summed E-state index contributed by atoms with van der Waals surface area (Å²) in [7, 11) is 0. The van der Waals surface area contributed by atoms with E-state index >= 15 is 0 Å². The van der Waals surface area contributed by atoms with Gasteiger partial charge in [0.15, 0.2) is 0 Å². The van der Waals surface area contributed by atoms with E-state index in [1.54, 1.807) is 0 Å². The van der Waals surface area contributed by atoms with E-state index in [0.29, 0.717) is 0 Å². The molecule has 0 radical (unpaired) electrons.